The molecular weight excluding hydrogens is 448 g/mol. The van der Waals surface area contributed by atoms with Crippen molar-refractivity contribution in [3.63, 3.8) is 0 Å². The van der Waals surface area contributed by atoms with Crippen LogP contribution in [0.2, 0.25) is 5.02 Å². The van der Waals surface area contributed by atoms with Gasteiger partial charge in [-0.2, -0.15) is 0 Å². The second-order valence-electron chi connectivity index (χ2n) is 7.36. The van der Waals surface area contributed by atoms with Gasteiger partial charge >= 0.3 is 0 Å². The summed E-state index contributed by atoms with van der Waals surface area (Å²) >= 11 is 7.34. The molecule has 32 heavy (non-hydrogen) atoms. The first-order valence-corrected chi connectivity index (χ1v) is 11.2. The standard InChI is InChI=1S/C22H21ClN6O2S/c1-13-8-9-29-18(10-13)24-14(2)15(21(29)31)11-19-26-27-22(28(19)3)32-12-20(30)25-17-7-5-4-6-16(17)23/h4-10H,11-12H2,1-3H3,(H,25,30). The molecule has 1 aromatic carbocycles. The third kappa shape index (κ3) is 4.53. The molecule has 0 spiro atoms. The quantitative estimate of drug-likeness (QED) is 0.436. The molecule has 4 aromatic rings. The highest BCUT2D eigenvalue weighted by atomic mass is 35.5. The van der Waals surface area contributed by atoms with E-state index in [1.807, 2.05) is 33.0 Å². The average molecular weight is 469 g/mol. The highest BCUT2D eigenvalue weighted by Crippen LogP contribution is 2.22. The van der Waals surface area contributed by atoms with Gasteiger partial charge in [0.2, 0.25) is 5.91 Å². The summed E-state index contributed by atoms with van der Waals surface area (Å²) in [6.45, 7) is 3.78. The van der Waals surface area contributed by atoms with E-state index in [9.17, 15) is 9.59 Å². The number of thioether (sulfide) groups is 1. The summed E-state index contributed by atoms with van der Waals surface area (Å²) in [6.07, 6.45) is 2.03. The monoisotopic (exact) mass is 468 g/mol. The van der Waals surface area contributed by atoms with Gasteiger partial charge in [-0.15, -0.1) is 10.2 Å². The lowest BCUT2D eigenvalue weighted by molar-refractivity contribution is -0.113. The van der Waals surface area contributed by atoms with Gasteiger partial charge in [0.25, 0.3) is 5.56 Å². The molecule has 8 nitrogen and oxygen atoms in total. The number of para-hydroxylation sites is 1. The molecule has 0 saturated carbocycles. The van der Waals surface area contributed by atoms with Gasteiger partial charge in [-0.3, -0.25) is 14.0 Å². The van der Waals surface area contributed by atoms with E-state index >= 15 is 0 Å². The van der Waals surface area contributed by atoms with Crippen molar-refractivity contribution in [3.8, 4) is 0 Å². The summed E-state index contributed by atoms with van der Waals surface area (Å²) in [4.78, 5) is 29.9. The van der Waals surface area contributed by atoms with E-state index in [-0.39, 0.29) is 17.2 Å². The van der Waals surface area contributed by atoms with Crippen molar-refractivity contribution >= 4 is 40.6 Å². The minimum Gasteiger partial charge on any atom is -0.324 e. The Morgan fingerprint density at radius 2 is 1.97 bits per heavy atom. The van der Waals surface area contributed by atoms with Gasteiger partial charge in [0.15, 0.2) is 5.16 Å². The number of hydrogen-bond acceptors (Lipinski definition) is 6. The smallest absolute Gasteiger partial charge is 0.261 e. The number of aryl methyl sites for hydroxylation is 2. The number of halogens is 1. The Kier molecular flexibility index (Phi) is 6.29. The van der Waals surface area contributed by atoms with Crippen LogP contribution in [-0.4, -0.2) is 35.8 Å². The molecular formula is C22H21ClN6O2S. The number of rotatable bonds is 6. The van der Waals surface area contributed by atoms with Crippen LogP contribution in [0.1, 0.15) is 22.6 Å². The first-order valence-electron chi connectivity index (χ1n) is 9.87. The normalized spacial score (nSPS) is 11.1. The van der Waals surface area contributed by atoms with Crippen molar-refractivity contribution < 1.29 is 4.79 Å². The zero-order valence-electron chi connectivity index (χ0n) is 17.8. The van der Waals surface area contributed by atoms with Gasteiger partial charge in [0.05, 0.1) is 16.5 Å². The zero-order valence-corrected chi connectivity index (χ0v) is 19.4. The average Bonchev–Trinajstić information content (AvgIpc) is 3.10. The van der Waals surface area contributed by atoms with Crippen LogP contribution in [0.3, 0.4) is 0 Å². The van der Waals surface area contributed by atoms with Gasteiger partial charge in [-0.05, 0) is 43.7 Å². The number of aromatic nitrogens is 5. The molecule has 1 amide bonds. The first-order chi connectivity index (χ1) is 15.3. The third-order valence-corrected chi connectivity index (χ3v) is 6.38. The second kappa shape index (κ2) is 9.13. The van der Waals surface area contributed by atoms with E-state index in [1.165, 1.54) is 11.8 Å². The summed E-state index contributed by atoms with van der Waals surface area (Å²) < 4.78 is 3.33. The minimum atomic E-state index is -0.198. The second-order valence-corrected chi connectivity index (χ2v) is 8.71. The predicted octanol–water partition coefficient (Wildman–Crippen LogP) is 3.41. The van der Waals surface area contributed by atoms with Crippen LogP contribution in [0.25, 0.3) is 5.65 Å². The molecule has 164 valence electrons. The van der Waals surface area contributed by atoms with E-state index in [4.69, 9.17) is 11.6 Å². The largest absolute Gasteiger partial charge is 0.324 e. The van der Waals surface area contributed by atoms with Gasteiger partial charge in [-0.1, -0.05) is 35.5 Å². The molecule has 0 aliphatic rings. The van der Waals surface area contributed by atoms with E-state index in [0.717, 1.165) is 5.56 Å². The van der Waals surface area contributed by atoms with Gasteiger partial charge in [0.1, 0.15) is 11.5 Å². The molecule has 0 radical (unpaired) electrons. The topological polar surface area (TPSA) is 94.2 Å². The highest BCUT2D eigenvalue weighted by Gasteiger charge is 2.17. The van der Waals surface area contributed by atoms with Crippen LogP contribution in [0.15, 0.2) is 52.5 Å². The van der Waals surface area contributed by atoms with Crippen molar-refractivity contribution in [2.24, 2.45) is 7.05 Å². The molecule has 10 heteroatoms. The van der Waals surface area contributed by atoms with Crippen LogP contribution >= 0.6 is 23.4 Å². The van der Waals surface area contributed by atoms with E-state index < -0.39 is 0 Å². The fraction of sp³-hybridized carbons (Fsp3) is 0.227. The summed E-state index contributed by atoms with van der Waals surface area (Å²) in [7, 11) is 1.81. The third-order valence-electron chi connectivity index (χ3n) is 5.03. The van der Waals surface area contributed by atoms with Gasteiger partial charge < -0.3 is 9.88 Å². The fourth-order valence-corrected chi connectivity index (χ4v) is 4.17. The summed E-state index contributed by atoms with van der Waals surface area (Å²) in [5.41, 5.74) is 3.33. The van der Waals surface area contributed by atoms with E-state index in [0.29, 0.717) is 45.0 Å². The van der Waals surface area contributed by atoms with Crippen molar-refractivity contribution in [1.29, 1.82) is 0 Å². The molecule has 0 fully saturated rings. The number of carbonyl (C=O) groups is 1. The SMILES string of the molecule is Cc1ccn2c(=O)c(Cc3nnc(SCC(=O)Nc4ccccc4Cl)n3C)c(C)nc2c1. The number of benzene rings is 1. The molecule has 3 aromatic heterocycles. The Morgan fingerprint density at radius 3 is 2.75 bits per heavy atom. The summed E-state index contributed by atoms with van der Waals surface area (Å²) in [6, 6.07) is 10.8. The first kappa shape index (κ1) is 22.0. The molecule has 0 unspecified atom stereocenters. The number of hydrogen-bond donors (Lipinski definition) is 1. The number of carbonyl (C=O) groups excluding carboxylic acids is 1. The molecule has 4 rings (SSSR count). The maximum atomic E-state index is 13.0. The Morgan fingerprint density at radius 1 is 1.19 bits per heavy atom. The van der Waals surface area contributed by atoms with Crippen molar-refractivity contribution in [1.82, 2.24) is 24.1 Å². The number of nitrogens with zero attached hydrogens (tertiary/aromatic N) is 5. The predicted molar refractivity (Wildman–Crippen MR) is 126 cm³/mol. The van der Waals surface area contributed by atoms with Crippen LogP contribution in [-0.2, 0) is 18.3 Å². The number of amides is 1. The maximum Gasteiger partial charge on any atom is 0.261 e. The summed E-state index contributed by atoms with van der Waals surface area (Å²) in [5.74, 6) is 0.569. The number of anilines is 1. The number of fused-ring (bicyclic) bond motifs is 1. The fourth-order valence-electron chi connectivity index (χ4n) is 3.25. The zero-order chi connectivity index (χ0) is 22.8. The van der Waals surface area contributed by atoms with Crippen LogP contribution in [0.5, 0.6) is 0 Å². The minimum absolute atomic E-state index is 0.121. The van der Waals surface area contributed by atoms with Gasteiger partial charge in [0, 0.05) is 30.9 Å². The molecule has 3 heterocycles. The Labute approximate surface area is 193 Å². The van der Waals surface area contributed by atoms with E-state index in [1.54, 1.807) is 39.4 Å². The molecule has 0 atom stereocenters. The Balaban J connectivity index is 1.49. The molecule has 1 N–H and O–H groups in total. The van der Waals surface area contributed by atoms with Crippen LogP contribution < -0.4 is 10.9 Å². The molecule has 0 aliphatic heterocycles. The lowest BCUT2D eigenvalue weighted by Crippen LogP contribution is -2.22. The van der Waals surface area contributed by atoms with E-state index in [2.05, 4.69) is 20.5 Å². The number of nitrogens with one attached hydrogen (secondary N) is 1. The Bertz CT molecular complexity index is 1380. The van der Waals surface area contributed by atoms with Crippen LogP contribution in [0.4, 0.5) is 5.69 Å². The van der Waals surface area contributed by atoms with Crippen molar-refractivity contribution in [3.05, 3.63) is 80.6 Å². The molecule has 0 bridgehead atoms. The summed E-state index contributed by atoms with van der Waals surface area (Å²) in [5, 5.41) is 12.2. The van der Waals surface area contributed by atoms with Gasteiger partial charge in [-0.25, -0.2) is 4.98 Å². The molecule has 0 aliphatic carbocycles. The Hall–Kier alpha value is -3.17. The highest BCUT2D eigenvalue weighted by molar-refractivity contribution is 7.99. The van der Waals surface area contributed by atoms with Crippen molar-refractivity contribution in [2.45, 2.75) is 25.4 Å². The maximum absolute atomic E-state index is 13.0. The molecule has 0 saturated heterocycles. The lowest BCUT2D eigenvalue weighted by atomic mass is 10.1. The van der Waals surface area contributed by atoms with Crippen LogP contribution in [0, 0.1) is 13.8 Å². The lowest BCUT2D eigenvalue weighted by Gasteiger charge is -2.09. The van der Waals surface area contributed by atoms with Crippen molar-refractivity contribution in [2.75, 3.05) is 11.1 Å². The number of pyridine rings is 1.